The maximum absolute atomic E-state index is 13.3. The van der Waals surface area contributed by atoms with Crippen molar-refractivity contribution >= 4 is 23.2 Å². The van der Waals surface area contributed by atoms with Gasteiger partial charge in [0, 0.05) is 17.3 Å². The summed E-state index contributed by atoms with van der Waals surface area (Å²) in [4.78, 5) is 12.9. The number of nitrogens with zero attached hydrogens (tertiary/aromatic N) is 1. The molecular weight excluding hydrogens is 399 g/mol. The predicted octanol–water partition coefficient (Wildman–Crippen LogP) is 4.82. The highest BCUT2D eigenvalue weighted by Gasteiger charge is 2.53. The van der Waals surface area contributed by atoms with Gasteiger partial charge in [-0.25, -0.2) is 4.39 Å². The van der Waals surface area contributed by atoms with Crippen molar-refractivity contribution in [1.29, 1.82) is 0 Å². The summed E-state index contributed by atoms with van der Waals surface area (Å²) in [7, 11) is 3.12. The van der Waals surface area contributed by atoms with E-state index in [2.05, 4.69) is 10.5 Å². The molecule has 1 N–H and O–H groups in total. The van der Waals surface area contributed by atoms with E-state index in [0.29, 0.717) is 41.5 Å². The van der Waals surface area contributed by atoms with Gasteiger partial charge in [-0.2, -0.15) is 0 Å². The standard InChI is InChI=1S/C21H18ClFN2O4/c1-27-16-6-3-12(9-18(16)28-2)17-11-19(25-29-17)21(7-8-21)20(26)24-13-4-5-15(23)14(22)10-13/h3-6,9-11H,7-8H2,1-2H3,(H,24,26). The van der Waals surface area contributed by atoms with E-state index in [1.165, 1.54) is 18.2 Å². The Bertz CT molecular complexity index is 1080. The van der Waals surface area contributed by atoms with Gasteiger partial charge in [-0.1, -0.05) is 16.8 Å². The average Bonchev–Trinajstić information content (AvgIpc) is 3.40. The Morgan fingerprint density at radius 3 is 2.55 bits per heavy atom. The van der Waals surface area contributed by atoms with Gasteiger partial charge in [0.25, 0.3) is 0 Å². The van der Waals surface area contributed by atoms with E-state index in [1.807, 2.05) is 6.07 Å². The molecule has 0 unspecified atom stereocenters. The van der Waals surface area contributed by atoms with Crippen molar-refractivity contribution < 1.29 is 23.2 Å². The van der Waals surface area contributed by atoms with Gasteiger partial charge in [0.2, 0.25) is 5.91 Å². The van der Waals surface area contributed by atoms with E-state index >= 15 is 0 Å². The number of carbonyl (C=O) groups is 1. The quantitative estimate of drug-likeness (QED) is 0.623. The van der Waals surface area contributed by atoms with Crippen molar-refractivity contribution in [2.24, 2.45) is 0 Å². The zero-order chi connectivity index (χ0) is 20.6. The summed E-state index contributed by atoms with van der Waals surface area (Å²) in [5.74, 6) is 0.918. The molecule has 29 heavy (non-hydrogen) atoms. The molecule has 1 aromatic heterocycles. The van der Waals surface area contributed by atoms with Crippen LogP contribution in [0.15, 0.2) is 47.0 Å². The molecular formula is C21H18ClFN2O4. The van der Waals surface area contributed by atoms with Gasteiger partial charge in [0.1, 0.15) is 5.82 Å². The minimum absolute atomic E-state index is 0.0511. The van der Waals surface area contributed by atoms with Crippen molar-refractivity contribution in [3.8, 4) is 22.8 Å². The number of benzene rings is 2. The average molecular weight is 417 g/mol. The van der Waals surface area contributed by atoms with E-state index in [-0.39, 0.29) is 10.9 Å². The molecule has 150 valence electrons. The summed E-state index contributed by atoms with van der Waals surface area (Å²) >= 11 is 5.79. The number of rotatable bonds is 6. The molecule has 1 heterocycles. The minimum Gasteiger partial charge on any atom is -0.493 e. The monoisotopic (exact) mass is 416 g/mol. The third-order valence-electron chi connectivity index (χ3n) is 5.03. The Hall–Kier alpha value is -3.06. The molecule has 1 fully saturated rings. The normalized spacial score (nSPS) is 14.3. The molecule has 1 aliphatic carbocycles. The van der Waals surface area contributed by atoms with Crippen LogP contribution in [0.5, 0.6) is 11.5 Å². The zero-order valence-corrected chi connectivity index (χ0v) is 16.5. The first-order valence-corrected chi connectivity index (χ1v) is 9.31. The van der Waals surface area contributed by atoms with Gasteiger partial charge < -0.3 is 19.3 Å². The predicted molar refractivity (Wildman–Crippen MR) is 106 cm³/mol. The van der Waals surface area contributed by atoms with E-state index in [1.54, 1.807) is 32.4 Å². The van der Waals surface area contributed by atoms with Crippen LogP contribution in [0.2, 0.25) is 5.02 Å². The number of hydrogen-bond acceptors (Lipinski definition) is 5. The molecule has 1 saturated carbocycles. The molecule has 0 bridgehead atoms. The van der Waals surface area contributed by atoms with Gasteiger partial charge in [-0.15, -0.1) is 0 Å². The number of aromatic nitrogens is 1. The SMILES string of the molecule is COc1ccc(-c2cc(C3(C(=O)Nc4ccc(F)c(Cl)c4)CC3)no2)cc1OC. The molecule has 0 atom stereocenters. The Morgan fingerprint density at radius 1 is 1.14 bits per heavy atom. The molecule has 0 spiro atoms. The van der Waals surface area contributed by atoms with Crippen LogP contribution in [0.4, 0.5) is 10.1 Å². The van der Waals surface area contributed by atoms with Crippen LogP contribution in [-0.4, -0.2) is 25.3 Å². The van der Waals surface area contributed by atoms with Crippen LogP contribution in [0.1, 0.15) is 18.5 Å². The largest absolute Gasteiger partial charge is 0.493 e. The molecule has 6 nitrogen and oxygen atoms in total. The number of carbonyl (C=O) groups excluding carboxylic acids is 1. The Morgan fingerprint density at radius 2 is 1.90 bits per heavy atom. The molecule has 8 heteroatoms. The number of ether oxygens (including phenoxy) is 2. The molecule has 3 aromatic rings. The van der Waals surface area contributed by atoms with Crippen LogP contribution in [0.3, 0.4) is 0 Å². The maximum atomic E-state index is 13.3. The highest BCUT2D eigenvalue weighted by atomic mass is 35.5. The second kappa shape index (κ2) is 7.40. The van der Waals surface area contributed by atoms with E-state index < -0.39 is 11.2 Å². The number of halogens is 2. The highest BCUT2D eigenvalue weighted by Crippen LogP contribution is 2.49. The minimum atomic E-state index is -0.765. The molecule has 0 aliphatic heterocycles. The lowest BCUT2D eigenvalue weighted by Crippen LogP contribution is -2.28. The molecule has 4 rings (SSSR count). The van der Waals surface area contributed by atoms with Gasteiger partial charge in [-0.05, 0) is 49.2 Å². The van der Waals surface area contributed by atoms with Crippen molar-refractivity contribution in [2.45, 2.75) is 18.3 Å². The molecule has 1 aliphatic rings. The van der Waals surface area contributed by atoms with Crippen molar-refractivity contribution in [1.82, 2.24) is 5.16 Å². The van der Waals surface area contributed by atoms with Crippen molar-refractivity contribution in [2.75, 3.05) is 19.5 Å². The fourth-order valence-corrected chi connectivity index (χ4v) is 3.36. The third kappa shape index (κ3) is 3.53. The summed E-state index contributed by atoms with van der Waals surface area (Å²) in [5.41, 5.74) is 0.964. The summed E-state index contributed by atoms with van der Waals surface area (Å²) in [6.45, 7) is 0. The van der Waals surface area contributed by atoms with Gasteiger partial charge in [0.15, 0.2) is 17.3 Å². The van der Waals surface area contributed by atoms with Crippen molar-refractivity contribution in [3.05, 3.63) is 59.0 Å². The topological polar surface area (TPSA) is 73.6 Å². The first-order valence-electron chi connectivity index (χ1n) is 8.93. The number of methoxy groups -OCH3 is 2. The summed E-state index contributed by atoms with van der Waals surface area (Å²) in [5, 5.41) is 6.86. The van der Waals surface area contributed by atoms with Gasteiger partial charge >= 0.3 is 0 Å². The molecule has 1 amide bonds. The van der Waals surface area contributed by atoms with Crippen LogP contribution >= 0.6 is 11.6 Å². The van der Waals surface area contributed by atoms with Crippen LogP contribution in [0, 0.1) is 5.82 Å². The summed E-state index contributed by atoms with van der Waals surface area (Å²) < 4.78 is 29.4. The molecule has 0 saturated heterocycles. The molecule has 2 aromatic carbocycles. The lowest BCUT2D eigenvalue weighted by atomic mass is 10.00. The highest BCUT2D eigenvalue weighted by molar-refractivity contribution is 6.31. The number of hydrogen-bond donors (Lipinski definition) is 1. The number of nitrogens with one attached hydrogen (secondary N) is 1. The second-order valence-electron chi connectivity index (χ2n) is 6.81. The van der Waals surface area contributed by atoms with Crippen molar-refractivity contribution in [3.63, 3.8) is 0 Å². The van der Waals surface area contributed by atoms with Gasteiger partial charge in [-0.3, -0.25) is 4.79 Å². The summed E-state index contributed by atoms with van der Waals surface area (Å²) in [6, 6.07) is 11.2. The fraction of sp³-hybridized carbons (Fsp3) is 0.238. The Kier molecular flexibility index (Phi) is 4.92. The number of amides is 1. The van der Waals surface area contributed by atoms with E-state index in [0.717, 1.165) is 5.56 Å². The maximum Gasteiger partial charge on any atom is 0.236 e. The Labute approximate surface area is 171 Å². The van der Waals surface area contributed by atoms with E-state index in [9.17, 15) is 9.18 Å². The van der Waals surface area contributed by atoms with E-state index in [4.69, 9.17) is 25.6 Å². The second-order valence-corrected chi connectivity index (χ2v) is 7.22. The summed E-state index contributed by atoms with van der Waals surface area (Å²) in [6.07, 6.45) is 1.29. The fourth-order valence-electron chi connectivity index (χ4n) is 3.18. The van der Waals surface area contributed by atoms with Gasteiger partial charge in [0.05, 0.1) is 30.4 Å². The lowest BCUT2D eigenvalue weighted by molar-refractivity contribution is -0.118. The van der Waals surface area contributed by atoms with Crippen LogP contribution in [0.25, 0.3) is 11.3 Å². The lowest BCUT2D eigenvalue weighted by Gasteiger charge is -2.12. The van der Waals surface area contributed by atoms with Crippen LogP contribution in [-0.2, 0) is 10.2 Å². The van der Waals surface area contributed by atoms with Crippen LogP contribution < -0.4 is 14.8 Å². The zero-order valence-electron chi connectivity index (χ0n) is 15.8. The Balaban J connectivity index is 1.57. The molecule has 0 radical (unpaired) electrons. The smallest absolute Gasteiger partial charge is 0.236 e. The third-order valence-corrected chi connectivity index (χ3v) is 5.32. The number of anilines is 1. The first kappa shape index (κ1) is 19.3. The first-order chi connectivity index (χ1) is 14.0.